The van der Waals surface area contributed by atoms with Crippen LogP contribution in [0.5, 0.6) is 17.2 Å². The number of phenols is 3. The summed E-state index contributed by atoms with van der Waals surface area (Å²) in [5.74, 6) is -1.77. The van der Waals surface area contributed by atoms with E-state index in [1.165, 1.54) is 18.2 Å². The molecular weight excluding hydrogens is 248 g/mol. The lowest BCUT2D eigenvalue weighted by molar-refractivity contribution is 0.0693. The van der Waals surface area contributed by atoms with E-state index in [2.05, 4.69) is 0 Å². The molecule has 98 valence electrons. The Balaban J connectivity index is 2.37. The van der Waals surface area contributed by atoms with Gasteiger partial charge in [-0.2, -0.15) is 0 Å². The quantitative estimate of drug-likeness (QED) is 0.677. The molecule has 0 amide bonds. The van der Waals surface area contributed by atoms with Crippen LogP contribution in [0.15, 0.2) is 36.4 Å². The van der Waals surface area contributed by atoms with E-state index in [0.717, 1.165) is 11.6 Å². The number of hydrogen-bond acceptors (Lipinski definition) is 4. The lowest BCUT2D eigenvalue weighted by Crippen LogP contribution is -1.99. The van der Waals surface area contributed by atoms with Crippen LogP contribution in [0.25, 0.3) is 0 Å². The number of aromatic carboxylic acids is 1. The monoisotopic (exact) mass is 260 g/mol. The Kier molecular flexibility index (Phi) is 3.29. The second-order valence-electron chi connectivity index (χ2n) is 4.15. The molecule has 0 saturated heterocycles. The Labute approximate surface area is 109 Å². The average Bonchev–Trinajstić information content (AvgIpc) is 2.34. The predicted molar refractivity (Wildman–Crippen MR) is 67.6 cm³/mol. The van der Waals surface area contributed by atoms with Crippen molar-refractivity contribution in [3.05, 3.63) is 53.1 Å². The maximum absolute atomic E-state index is 10.9. The van der Waals surface area contributed by atoms with E-state index in [1.807, 2.05) is 0 Å². The van der Waals surface area contributed by atoms with Crippen molar-refractivity contribution in [1.82, 2.24) is 0 Å². The predicted octanol–water partition coefficient (Wildman–Crippen LogP) is 2.09. The van der Waals surface area contributed by atoms with Crippen LogP contribution < -0.4 is 0 Å². The number of carboxylic acid groups (broad SMARTS) is 1. The summed E-state index contributed by atoms with van der Waals surface area (Å²) in [5.41, 5.74) is 0.933. The molecule has 19 heavy (non-hydrogen) atoms. The molecule has 2 rings (SSSR count). The van der Waals surface area contributed by atoms with Gasteiger partial charge in [-0.3, -0.25) is 0 Å². The number of aromatic hydroxyl groups is 3. The van der Waals surface area contributed by atoms with Gasteiger partial charge < -0.3 is 20.4 Å². The van der Waals surface area contributed by atoms with Crippen LogP contribution in [0.3, 0.4) is 0 Å². The number of rotatable bonds is 3. The third-order valence-electron chi connectivity index (χ3n) is 2.76. The fourth-order valence-corrected chi connectivity index (χ4v) is 1.77. The minimum atomic E-state index is -1.26. The molecule has 0 heterocycles. The van der Waals surface area contributed by atoms with Gasteiger partial charge in [0.1, 0.15) is 22.8 Å². The second-order valence-corrected chi connectivity index (χ2v) is 4.15. The van der Waals surface area contributed by atoms with Crippen molar-refractivity contribution < 1.29 is 25.2 Å². The average molecular weight is 260 g/mol. The zero-order chi connectivity index (χ0) is 14.0. The molecule has 0 bridgehead atoms. The number of carboxylic acids is 1. The van der Waals surface area contributed by atoms with E-state index in [9.17, 15) is 20.1 Å². The molecule has 0 aliphatic rings. The molecule has 4 N–H and O–H groups in total. The van der Waals surface area contributed by atoms with E-state index in [0.29, 0.717) is 12.0 Å². The summed E-state index contributed by atoms with van der Waals surface area (Å²) in [6.45, 7) is 0. The highest BCUT2D eigenvalue weighted by molar-refractivity contribution is 5.91. The zero-order valence-electron chi connectivity index (χ0n) is 9.87. The van der Waals surface area contributed by atoms with Crippen molar-refractivity contribution >= 4 is 5.97 Å². The standard InChI is InChI=1S/C14H12O5/c15-10-3-1-8(2-4-10)5-9-6-11(14(18)19)13(17)7-12(9)16/h1-4,6-7,15-17H,5H2,(H,18,19). The fraction of sp³-hybridized carbons (Fsp3) is 0.0714. The van der Waals surface area contributed by atoms with Gasteiger partial charge in [0.25, 0.3) is 0 Å². The number of benzene rings is 2. The highest BCUT2D eigenvalue weighted by atomic mass is 16.4. The van der Waals surface area contributed by atoms with Crippen LogP contribution in [0, 0.1) is 0 Å². The van der Waals surface area contributed by atoms with Gasteiger partial charge in [0.2, 0.25) is 0 Å². The van der Waals surface area contributed by atoms with Gasteiger partial charge in [-0.15, -0.1) is 0 Å². The van der Waals surface area contributed by atoms with Crippen molar-refractivity contribution in [1.29, 1.82) is 0 Å². The fourth-order valence-electron chi connectivity index (χ4n) is 1.77. The highest BCUT2D eigenvalue weighted by Gasteiger charge is 2.14. The molecule has 0 aromatic heterocycles. The first-order chi connectivity index (χ1) is 8.97. The van der Waals surface area contributed by atoms with Crippen LogP contribution in [0.2, 0.25) is 0 Å². The molecule has 0 radical (unpaired) electrons. The largest absolute Gasteiger partial charge is 0.508 e. The van der Waals surface area contributed by atoms with E-state index >= 15 is 0 Å². The van der Waals surface area contributed by atoms with E-state index < -0.39 is 11.7 Å². The summed E-state index contributed by atoms with van der Waals surface area (Å²) >= 11 is 0. The second kappa shape index (κ2) is 4.89. The Bertz CT molecular complexity index is 616. The number of hydrogen-bond donors (Lipinski definition) is 4. The first-order valence-electron chi connectivity index (χ1n) is 5.53. The Morgan fingerprint density at radius 1 is 0.947 bits per heavy atom. The van der Waals surface area contributed by atoms with Crippen molar-refractivity contribution in [2.75, 3.05) is 0 Å². The summed E-state index contributed by atoms with van der Waals surface area (Å²) in [5, 5.41) is 37.2. The summed E-state index contributed by atoms with van der Waals surface area (Å²) in [4.78, 5) is 10.9. The van der Waals surface area contributed by atoms with E-state index in [-0.39, 0.29) is 17.1 Å². The van der Waals surface area contributed by atoms with Crippen molar-refractivity contribution in [2.45, 2.75) is 6.42 Å². The van der Waals surface area contributed by atoms with Gasteiger partial charge in [0, 0.05) is 12.5 Å². The first kappa shape index (κ1) is 12.8. The summed E-state index contributed by atoms with van der Waals surface area (Å²) in [6, 6.07) is 8.60. The van der Waals surface area contributed by atoms with Crippen LogP contribution in [0.4, 0.5) is 0 Å². The maximum atomic E-state index is 10.9. The summed E-state index contributed by atoms with van der Waals surface area (Å²) < 4.78 is 0. The van der Waals surface area contributed by atoms with Crippen LogP contribution in [-0.4, -0.2) is 26.4 Å². The molecule has 0 fully saturated rings. The van der Waals surface area contributed by atoms with Gasteiger partial charge in [0.15, 0.2) is 0 Å². The molecule has 0 spiro atoms. The van der Waals surface area contributed by atoms with E-state index in [4.69, 9.17) is 5.11 Å². The molecule has 5 heteroatoms. The maximum Gasteiger partial charge on any atom is 0.339 e. The minimum absolute atomic E-state index is 0.130. The lowest BCUT2D eigenvalue weighted by atomic mass is 10.0. The summed E-state index contributed by atoms with van der Waals surface area (Å²) in [7, 11) is 0. The van der Waals surface area contributed by atoms with E-state index in [1.54, 1.807) is 12.1 Å². The van der Waals surface area contributed by atoms with Crippen molar-refractivity contribution in [3.8, 4) is 17.2 Å². The molecule has 0 aliphatic carbocycles. The summed E-state index contributed by atoms with van der Waals surface area (Å²) in [6.07, 6.45) is 0.298. The SMILES string of the molecule is O=C(O)c1cc(Cc2ccc(O)cc2)c(O)cc1O. The molecule has 2 aromatic carbocycles. The van der Waals surface area contributed by atoms with Crippen LogP contribution >= 0.6 is 0 Å². The Morgan fingerprint density at radius 2 is 1.58 bits per heavy atom. The topological polar surface area (TPSA) is 98.0 Å². The van der Waals surface area contributed by atoms with Crippen LogP contribution in [0.1, 0.15) is 21.5 Å². The molecule has 0 unspecified atom stereocenters. The molecule has 0 saturated carbocycles. The normalized spacial score (nSPS) is 10.3. The highest BCUT2D eigenvalue weighted by Crippen LogP contribution is 2.29. The number of phenolic OH excluding ortho intramolecular Hbond substituents is 2. The molecule has 0 aliphatic heterocycles. The zero-order valence-corrected chi connectivity index (χ0v) is 9.87. The van der Waals surface area contributed by atoms with Gasteiger partial charge in [-0.1, -0.05) is 12.1 Å². The smallest absolute Gasteiger partial charge is 0.339 e. The Hall–Kier alpha value is -2.69. The third-order valence-corrected chi connectivity index (χ3v) is 2.76. The van der Waals surface area contributed by atoms with Gasteiger partial charge in [-0.25, -0.2) is 4.79 Å². The minimum Gasteiger partial charge on any atom is -0.508 e. The molecule has 5 nitrogen and oxygen atoms in total. The third kappa shape index (κ3) is 2.77. The van der Waals surface area contributed by atoms with Gasteiger partial charge in [-0.05, 0) is 29.3 Å². The van der Waals surface area contributed by atoms with Gasteiger partial charge >= 0.3 is 5.97 Å². The van der Waals surface area contributed by atoms with Crippen molar-refractivity contribution in [2.24, 2.45) is 0 Å². The van der Waals surface area contributed by atoms with Crippen LogP contribution in [-0.2, 0) is 6.42 Å². The Morgan fingerprint density at radius 3 is 2.16 bits per heavy atom. The molecular formula is C14H12O5. The van der Waals surface area contributed by atoms with Gasteiger partial charge in [0.05, 0.1) is 0 Å². The molecule has 2 aromatic rings. The lowest BCUT2D eigenvalue weighted by Gasteiger charge is -2.08. The number of carbonyl (C=O) groups is 1. The first-order valence-corrected chi connectivity index (χ1v) is 5.53. The molecule has 0 atom stereocenters. The van der Waals surface area contributed by atoms with Crippen molar-refractivity contribution in [3.63, 3.8) is 0 Å².